The first-order chi connectivity index (χ1) is 11.7. The van der Waals surface area contributed by atoms with Gasteiger partial charge in [0.15, 0.2) is 0 Å². The summed E-state index contributed by atoms with van der Waals surface area (Å²) in [5.41, 5.74) is 2.31. The van der Waals surface area contributed by atoms with Crippen molar-refractivity contribution in [3.05, 3.63) is 29.8 Å². The first kappa shape index (κ1) is 16.8. The minimum atomic E-state index is -0.256. The van der Waals surface area contributed by atoms with Crippen molar-refractivity contribution in [2.45, 2.75) is 19.8 Å². The van der Waals surface area contributed by atoms with E-state index in [-0.39, 0.29) is 12.0 Å². The van der Waals surface area contributed by atoms with Crippen LogP contribution in [-0.4, -0.2) is 67.7 Å². The number of benzene rings is 1. The molecule has 130 valence electrons. The molecule has 0 atom stereocenters. The lowest BCUT2D eigenvalue weighted by molar-refractivity contribution is -0.120. The van der Waals surface area contributed by atoms with E-state index in [1.807, 2.05) is 30.0 Å². The highest BCUT2D eigenvalue weighted by atomic mass is 16.6. The van der Waals surface area contributed by atoms with Gasteiger partial charge < -0.3 is 14.5 Å². The molecule has 2 aliphatic heterocycles. The van der Waals surface area contributed by atoms with Gasteiger partial charge in [0, 0.05) is 38.4 Å². The van der Waals surface area contributed by atoms with E-state index < -0.39 is 0 Å². The summed E-state index contributed by atoms with van der Waals surface area (Å²) < 4.78 is 5.03. The summed E-state index contributed by atoms with van der Waals surface area (Å²) >= 11 is 0. The lowest BCUT2D eigenvalue weighted by Gasteiger charge is -2.36. The summed E-state index contributed by atoms with van der Waals surface area (Å²) in [5.74, 6) is 0.145. The third-order valence-electron chi connectivity index (χ3n) is 4.67. The van der Waals surface area contributed by atoms with Gasteiger partial charge in [-0.3, -0.25) is 9.69 Å². The SMILES string of the molecule is CCOC(=O)N1CCN(CC(=O)N2CCCc3ccccc32)CC1. The molecule has 0 saturated carbocycles. The highest BCUT2D eigenvalue weighted by molar-refractivity contribution is 5.96. The maximum atomic E-state index is 12.7. The van der Waals surface area contributed by atoms with Gasteiger partial charge >= 0.3 is 6.09 Å². The second-order valence-corrected chi connectivity index (χ2v) is 6.24. The Morgan fingerprint density at radius 2 is 1.83 bits per heavy atom. The molecule has 2 aliphatic rings. The summed E-state index contributed by atoms with van der Waals surface area (Å²) in [6.45, 7) is 6.05. The van der Waals surface area contributed by atoms with E-state index in [9.17, 15) is 9.59 Å². The molecule has 24 heavy (non-hydrogen) atoms. The fraction of sp³-hybridized carbons (Fsp3) is 0.556. The van der Waals surface area contributed by atoms with Gasteiger partial charge in [-0.25, -0.2) is 4.79 Å². The van der Waals surface area contributed by atoms with Crippen LogP contribution in [-0.2, 0) is 16.0 Å². The smallest absolute Gasteiger partial charge is 0.409 e. The lowest BCUT2D eigenvalue weighted by Crippen LogP contribution is -2.52. The molecule has 0 aliphatic carbocycles. The predicted octanol–water partition coefficient (Wildman–Crippen LogP) is 1.74. The molecule has 2 amide bonds. The molecule has 0 bridgehead atoms. The zero-order chi connectivity index (χ0) is 16.9. The van der Waals surface area contributed by atoms with E-state index in [1.54, 1.807) is 4.90 Å². The van der Waals surface area contributed by atoms with Crippen molar-refractivity contribution in [2.24, 2.45) is 0 Å². The summed E-state index contributed by atoms with van der Waals surface area (Å²) in [6, 6.07) is 8.15. The van der Waals surface area contributed by atoms with Gasteiger partial charge in [0.25, 0.3) is 0 Å². The molecule has 6 nitrogen and oxygen atoms in total. The third kappa shape index (κ3) is 3.70. The predicted molar refractivity (Wildman–Crippen MR) is 92.2 cm³/mol. The molecule has 1 aromatic carbocycles. The summed E-state index contributed by atoms with van der Waals surface area (Å²) in [6.07, 6.45) is 1.80. The topological polar surface area (TPSA) is 53.1 Å². The largest absolute Gasteiger partial charge is 0.450 e. The Hall–Kier alpha value is -2.08. The summed E-state index contributed by atoms with van der Waals surface area (Å²) in [7, 11) is 0. The van der Waals surface area contributed by atoms with E-state index in [0.29, 0.717) is 39.3 Å². The maximum Gasteiger partial charge on any atom is 0.409 e. The van der Waals surface area contributed by atoms with E-state index in [1.165, 1.54) is 5.56 Å². The van der Waals surface area contributed by atoms with Crippen LogP contribution in [0, 0.1) is 0 Å². The Balaban J connectivity index is 1.55. The Morgan fingerprint density at radius 1 is 1.08 bits per heavy atom. The molecular weight excluding hydrogens is 306 g/mol. The average molecular weight is 331 g/mol. The minimum Gasteiger partial charge on any atom is -0.450 e. The second-order valence-electron chi connectivity index (χ2n) is 6.24. The molecule has 0 unspecified atom stereocenters. The van der Waals surface area contributed by atoms with Crippen LogP contribution in [0.1, 0.15) is 18.9 Å². The zero-order valence-corrected chi connectivity index (χ0v) is 14.2. The molecule has 1 aromatic rings. The highest BCUT2D eigenvalue weighted by Crippen LogP contribution is 2.26. The number of nitrogens with zero attached hydrogens (tertiary/aromatic N) is 3. The molecule has 0 aromatic heterocycles. The average Bonchev–Trinajstić information content (AvgIpc) is 2.62. The lowest BCUT2D eigenvalue weighted by atomic mass is 10.0. The standard InChI is InChI=1S/C18H25N3O3/c1-2-24-18(23)20-12-10-19(11-13-20)14-17(22)21-9-5-7-15-6-3-4-8-16(15)21/h3-4,6,8H,2,5,7,9-14H2,1H3. The van der Waals surface area contributed by atoms with Crippen LogP contribution < -0.4 is 4.90 Å². The van der Waals surface area contributed by atoms with E-state index >= 15 is 0 Å². The zero-order valence-electron chi connectivity index (χ0n) is 14.2. The quantitative estimate of drug-likeness (QED) is 0.847. The monoisotopic (exact) mass is 331 g/mol. The number of carbonyl (C=O) groups is 2. The van der Waals surface area contributed by atoms with Crippen LogP contribution in [0.4, 0.5) is 10.5 Å². The molecule has 1 fully saturated rings. The van der Waals surface area contributed by atoms with Gasteiger partial charge in [0.1, 0.15) is 0 Å². The van der Waals surface area contributed by atoms with Gasteiger partial charge in [0.05, 0.1) is 13.2 Å². The van der Waals surface area contributed by atoms with Gasteiger partial charge in [0.2, 0.25) is 5.91 Å². The highest BCUT2D eigenvalue weighted by Gasteiger charge is 2.27. The first-order valence-corrected chi connectivity index (χ1v) is 8.71. The summed E-state index contributed by atoms with van der Waals surface area (Å²) in [5, 5.41) is 0. The number of piperazine rings is 1. The number of amides is 2. The Morgan fingerprint density at radius 3 is 2.58 bits per heavy atom. The summed E-state index contributed by atoms with van der Waals surface area (Å²) in [4.78, 5) is 30.2. The van der Waals surface area contributed by atoms with E-state index in [0.717, 1.165) is 25.1 Å². The molecule has 0 N–H and O–H groups in total. The molecule has 3 rings (SSSR count). The van der Waals surface area contributed by atoms with Gasteiger partial charge in [-0.05, 0) is 31.4 Å². The van der Waals surface area contributed by atoms with Crippen molar-refractivity contribution < 1.29 is 14.3 Å². The fourth-order valence-corrected chi connectivity index (χ4v) is 3.37. The first-order valence-electron chi connectivity index (χ1n) is 8.71. The number of aryl methyl sites for hydroxylation is 1. The minimum absolute atomic E-state index is 0.145. The van der Waals surface area contributed by atoms with Crippen LogP contribution in [0.3, 0.4) is 0 Å². The van der Waals surface area contributed by atoms with Gasteiger partial charge in [-0.15, -0.1) is 0 Å². The van der Waals surface area contributed by atoms with Crippen LogP contribution in [0.2, 0.25) is 0 Å². The number of anilines is 1. The van der Waals surface area contributed by atoms with E-state index in [4.69, 9.17) is 4.74 Å². The molecule has 6 heteroatoms. The van der Waals surface area contributed by atoms with Crippen molar-refractivity contribution in [1.82, 2.24) is 9.80 Å². The Kier molecular flexibility index (Phi) is 5.35. The van der Waals surface area contributed by atoms with Crippen molar-refractivity contribution in [3.63, 3.8) is 0 Å². The Bertz CT molecular complexity index is 597. The number of para-hydroxylation sites is 1. The van der Waals surface area contributed by atoms with Gasteiger partial charge in [-0.1, -0.05) is 18.2 Å². The normalized spacial score (nSPS) is 18.2. The van der Waals surface area contributed by atoms with Crippen LogP contribution in [0.25, 0.3) is 0 Å². The second kappa shape index (κ2) is 7.66. The number of carbonyl (C=O) groups excluding carboxylic acids is 2. The number of hydrogen-bond acceptors (Lipinski definition) is 4. The molecule has 0 radical (unpaired) electrons. The van der Waals surface area contributed by atoms with Crippen LogP contribution in [0.15, 0.2) is 24.3 Å². The van der Waals surface area contributed by atoms with Crippen LogP contribution >= 0.6 is 0 Å². The number of ether oxygens (including phenoxy) is 1. The van der Waals surface area contributed by atoms with Crippen molar-refractivity contribution in [1.29, 1.82) is 0 Å². The number of hydrogen-bond donors (Lipinski definition) is 0. The molecule has 0 spiro atoms. The molecule has 2 heterocycles. The van der Waals surface area contributed by atoms with Crippen molar-refractivity contribution in [2.75, 3.05) is 50.8 Å². The number of rotatable bonds is 3. The fourth-order valence-electron chi connectivity index (χ4n) is 3.37. The van der Waals surface area contributed by atoms with E-state index in [2.05, 4.69) is 11.0 Å². The van der Waals surface area contributed by atoms with Crippen LogP contribution in [0.5, 0.6) is 0 Å². The Labute approximate surface area is 143 Å². The molecule has 1 saturated heterocycles. The maximum absolute atomic E-state index is 12.7. The number of fused-ring (bicyclic) bond motifs is 1. The van der Waals surface area contributed by atoms with Gasteiger partial charge in [-0.2, -0.15) is 0 Å². The van der Waals surface area contributed by atoms with Crippen molar-refractivity contribution in [3.8, 4) is 0 Å². The van der Waals surface area contributed by atoms with Crippen molar-refractivity contribution >= 4 is 17.7 Å². The third-order valence-corrected chi connectivity index (χ3v) is 4.67. The molecular formula is C18H25N3O3.